The number of hydrogen-bond acceptors (Lipinski definition) is 11. The molecule has 0 fully saturated rings. The van der Waals surface area contributed by atoms with E-state index in [0.717, 1.165) is 0 Å². The smallest absolute Gasteiger partial charge is 0.255 e. The number of Topliss-reactive ketones (excluding diaryl/α,β-unsaturated/α-hetero) is 2. The van der Waals surface area contributed by atoms with Gasteiger partial charge in [0.2, 0.25) is 5.78 Å². The monoisotopic (exact) mass is 565 g/mol. The second-order valence-electron chi connectivity index (χ2n) is 11.0. The lowest BCUT2D eigenvalue weighted by molar-refractivity contribution is -0.144. The fraction of sp³-hybridized carbons (Fsp3) is 0.345. The number of benzene rings is 2. The van der Waals surface area contributed by atoms with E-state index in [1.54, 1.807) is 31.1 Å². The van der Waals surface area contributed by atoms with Gasteiger partial charge in [0.15, 0.2) is 22.9 Å². The third-order valence-corrected chi connectivity index (χ3v) is 8.28. The van der Waals surface area contributed by atoms with E-state index in [0.29, 0.717) is 22.4 Å². The molecule has 1 amide bonds. The van der Waals surface area contributed by atoms with Crippen molar-refractivity contribution in [2.75, 3.05) is 19.0 Å². The number of aromatic hydroxyl groups is 3. The SMILES string of the molecule is CN(C)c1cc(CNCc2ccc(O)c(O)c2)c(O)c2c1CC1C[C@H]3CC(O)=C(C(N)=O)C(=O)[C@@]3(O)C(O)=C1C2=O. The van der Waals surface area contributed by atoms with E-state index < -0.39 is 52.0 Å². The first-order chi connectivity index (χ1) is 19.3. The molecule has 9 N–H and O–H groups in total. The van der Waals surface area contributed by atoms with Crippen molar-refractivity contribution >= 4 is 23.2 Å². The summed E-state index contributed by atoms with van der Waals surface area (Å²) in [4.78, 5) is 40.7. The number of fused-ring (bicyclic) bond motifs is 3. The second-order valence-corrected chi connectivity index (χ2v) is 11.0. The van der Waals surface area contributed by atoms with Gasteiger partial charge in [-0.2, -0.15) is 0 Å². The first kappa shape index (κ1) is 28.0. The Kier molecular flexibility index (Phi) is 6.71. The van der Waals surface area contributed by atoms with Gasteiger partial charge >= 0.3 is 0 Å². The van der Waals surface area contributed by atoms with Crippen molar-refractivity contribution in [2.45, 2.75) is 38.0 Å². The molecule has 2 aromatic carbocycles. The number of ketones is 2. The zero-order valence-electron chi connectivity index (χ0n) is 22.4. The molecule has 0 heterocycles. The fourth-order valence-electron chi connectivity index (χ4n) is 6.28. The average Bonchev–Trinajstić information content (AvgIpc) is 2.89. The number of hydrogen-bond donors (Lipinski definition) is 8. The van der Waals surface area contributed by atoms with Crippen LogP contribution in [0.1, 0.15) is 39.9 Å². The molecule has 3 aliphatic carbocycles. The number of rotatable bonds is 6. The number of carbonyl (C=O) groups excluding carboxylic acids is 3. The van der Waals surface area contributed by atoms with Gasteiger partial charge in [0.25, 0.3) is 5.91 Å². The molecule has 12 nitrogen and oxygen atoms in total. The summed E-state index contributed by atoms with van der Waals surface area (Å²) in [5, 5.41) is 66.6. The van der Waals surface area contributed by atoms with Crippen molar-refractivity contribution in [3.05, 3.63) is 69.2 Å². The first-order valence-electron chi connectivity index (χ1n) is 13.0. The minimum atomic E-state index is -2.62. The molecule has 12 heteroatoms. The zero-order valence-corrected chi connectivity index (χ0v) is 22.4. The number of nitrogens with zero attached hydrogens (tertiary/aromatic N) is 1. The van der Waals surface area contributed by atoms with E-state index in [2.05, 4.69) is 5.32 Å². The number of amides is 1. The quantitative estimate of drug-likeness (QED) is 0.185. The van der Waals surface area contributed by atoms with Crippen LogP contribution in [-0.2, 0) is 29.1 Å². The third kappa shape index (κ3) is 4.26. The van der Waals surface area contributed by atoms with Crippen LogP contribution in [0.15, 0.2) is 46.9 Å². The first-order valence-corrected chi connectivity index (χ1v) is 13.0. The Hall–Kier alpha value is -4.55. The number of allylic oxidation sites excluding steroid dienone is 2. The third-order valence-electron chi connectivity index (χ3n) is 8.28. The van der Waals surface area contributed by atoms with Crippen LogP contribution in [0.25, 0.3) is 0 Å². The molecule has 41 heavy (non-hydrogen) atoms. The highest BCUT2D eigenvalue weighted by atomic mass is 16.3. The number of aliphatic hydroxyl groups excluding tert-OH is 2. The number of phenols is 3. The number of nitrogens with two attached hydrogens (primary N) is 1. The molecule has 0 aromatic heterocycles. The Balaban J connectivity index is 1.54. The van der Waals surface area contributed by atoms with Crippen LogP contribution in [0, 0.1) is 11.8 Å². The highest BCUT2D eigenvalue weighted by molar-refractivity contribution is 6.24. The number of phenolic OH excluding ortho intramolecular Hbond substituents is 3. The van der Waals surface area contributed by atoms with Gasteiger partial charge in [-0.25, -0.2) is 0 Å². The summed E-state index contributed by atoms with van der Waals surface area (Å²) in [5.74, 6) is -7.21. The maximum atomic E-state index is 13.9. The highest BCUT2D eigenvalue weighted by Crippen LogP contribution is 2.52. The molecule has 1 unspecified atom stereocenters. The Labute approximate surface area is 234 Å². The van der Waals surface area contributed by atoms with Gasteiger partial charge in [-0.05, 0) is 48.1 Å². The number of nitrogens with one attached hydrogen (secondary N) is 1. The largest absolute Gasteiger partial charge is 0.511 e. The molecule has 0 spiro atoms. The van der Waals surface area contributed by atoms with E-state index in [4.69, 9.17) is 5.73 Å². The Morgan fingerprint density at radius 3 is 2.39 bits per heavy atom. The number of aliphatic hydroxyl groups is 3. The van der Waals surface area contributed by atoms with E-state index in [-0.39, 0.29) is 60.7 Å². The van der Waals surface area contributed by atoms with Gasteiger partial charge in [-0.3, -0.25) is 14.4 Å². The van der Waals surface area contributed by atoms with E-state index >= 15 is 0 Å². The molecule has 3 atom stereocenters. The van der Waals surface area contributed by atoms with Gasteiger partial charge in [-0.1, -0.05) is 6.07 Å². The highest BCUT2D eigenvalue weighted by Gasteiger charge is 2.59. The predicted octanol–water partition coefficient (Wildman–Crippen LogP) is 1.35. The minimum Gasteiger partial charge on any atom is -0.511 e. The summed E-state index contributed by atoms with van der Waals surface area (Å²) in [6.07, 6.45) is -0.0279. The van der Waals surface area contributed by atoms with Gasteiger partial charge < -0.3 is 46.6 Å². The van der Waals surface area contributed by atoms with E-state index in [1.807, 2.05) is 0 Å². The summed E-state index contributed by atoms with van der Waals surface area (Å²) in [7, 11) is 3.56. The standard InChI is InChI=1S/C29H31N3O9/c1-32(2)17-8-14(11-31-10-12-3-4-18(33)19(34)5-12)24(36)22-16(17)7-13-6-15-9-20(35)23(28(30)40)27(39)29(15,41)26(38)21(13)25(22)37/h3-5,8,13,15,31,33-36,38,41H,6-7,9-11H2,1-2H3,(H2,30,40)/t13?,15-,29-/m0/s1. The normalized spacial score (nSPS) is 23.7. The van der Waals surface area contributed by atoms with Crippen LogP contribution in [0.4, 0.5) is 5.69 Å². The number of primary amides is 1. The molecule has 216 valence electrons. The average molecular weight is 566 g/mol. The fourth-order valence-corrected chi connectivity index (χ4v) is 6.28. The summed E-state index contributed by atoms with van der Waals surface area (Å²) in [6, 6.07) is 6.11. The lowest BCUT2D eigenvalue weighted by atomic mass is 9.60. The summed E-state index contributed by atoms with van der Waals surface area (Å²) >= 11 is 0. The summed E-state index contributed by atoms with van der Waals surface area (Å²) < 4.78 is 0. The minimum absolute atomic E-state index is 0.0549. The molecule has 0 bridgehead atoms. The van der Waals surface area contributed by atoms with Crippen LogP contribution >= 0.6 is 0 Å². The van der Waals surface area contributed by atoms with Crippen LogP contribution in [0.2, 0.25) is 0 Å². The Bertz CT molecular complexity index is 1580. The maximum absolute atomic E-state index is 13.9. The number of anilines is 1. The molecule has 0 saturated carbocycles. The van der Waals surface area contributed by atoms with Crippen molar-refractivity contribution in [1.82, 2.24) is 5.32 Å². The number of carbonyl (C=O) groups is 3. The van der Waals surface area contributed by atoms with Crippen LogP contribution in [0.5, 0.6) is 17.2 Å². The molecule has 2 aromatic rings. The van der Waals surface area contributed by atoms with Gasteiger partial charge in [0.05, 0.1) is 5.56 Å². The summed E-state index contributed by atoms with van der Waals surface area (Å²) in [6.45, 7) is 0.378. The van der Waals surface area contributed by atoms with Crippen molar-refractivity contribution < 1.29 is 45.0 Å². The Morgan fingerprint density at radius 1 is 1.05 bits per heavy atom. The van der Waals surface area contributed by atoms with Gasteiger partial charge in [-0.15, -0.1) is 0 Å². The van der Waals surface area contributed by atoms with Crippen LogP contribution < -0.4 is 16.0 Å². The van der Waals surface area contributed by atoms with Crippen molar-refractivity contribution in [3.63, 3.8) is 0 Å². The molecule has 5 rings (SSSR count). The van der Waals surface area contributed by atoms with Crippen LogP contribution in [-0.4, -0.2) is 67.8 Å². The molecule has 0 radical (unpaired) electrons. The topological polar surface area (TPSA) is 214 Å². The summed E-state index contributed by atoms with van der Waals surface area (Å²) in [5.41, 5.74) is 3.75. The molecule has 0 aliphatic heterocycles. The van der Waals surface area contributed by atoms with Crippen molar-refractivity contribution in [2.24, 2.45) is 17.6 Å². The van der Waals surface area contributed by atoms with Crippen LogP contribution in [0.3, 0.4) is 0 Å². The molecular formula is C29H31N3O9. The second kappa shape index (κ2) is 9.82. The van der Waals surface area contributed by atoms with Gasteiger partial charge in [0.1, 0.15) is 22.8 Å². The lowest BCUT2D eigenvalue weighted by Crippen LogP contribution is -2.57. The lowest BCUT2D eigenvalue weighted by Gasteiger charge is -2.46. The molecule has 0 saturated heterocycles. The predicted molar refractivity (Wildman–Crippen MR) is 145 cm³/mol. The van der Waals surface area contributed by atoms with E-state index in [1.165, 1.54) is 12.1 Å². The Morgan fingerprint density at radius 2 is 1.76 bits per heavy atom. The molecular weight excluding hydrogens is 534 g/mol. The van der Waals surface area contributed by atoms with Gasteiger partial charge in [0, 0.05) is 56.3 Å². The van der Waals surface area contributed by atoms with Crippen molar-refractivity contribution in [3.8, 4) is 17.2 Å². The molecule has 3 aliphatic rings. The zero-order chi connectivity index (χ0) is 30.0. The maximum Gasteiger partial charge on any atom is 0.255 e. The van der Waals surface area contributed by atoms with E-state index in [9.17, 15) is 45.0 Å². The van der Waals surface area contributed by atoms with Crippen molar-refractivity contribution in [1.29, 1.82) is 0 Å².